The second-order valence-electron chi connectivity index (χ2n) is 3.39. The van der Waals surface area contributed by atoms with Crippen LogP contribution in [0.4, 0.5) is 22.0 Å². The molecule has 1 aromatic carbocycles. The van der Waals surface area contributed by atoms with Crippen molar-refractivity contribution in [1.82, 2.24) is 0 Å². The van der Waals surface area contributed by atoms with Gasteiger partial charge in [0.1, 0.15) is 6.04 Å². The zero-order valence-electron chi connectivity index (χ0n) is 8.74. The highest BCUT2D eigenvalue weighted by Crippen LogP contribution is 2.46. The third-order valence-electron chi connectivity index (χ3n) is 2.12. The van der Waals surface area contributed by atoms with Crippen molar-refractivity contribution < 1.29 is 22.0 Å². The number of rotatable bonds is 2. The molecule has 19 heavy (non-hydrogen) atoms. The van der Waals surface area contributed by atoms with Gasteiger partial charge in [-0.15, -0.1) is 12.4 Å². The molecule has 0 amide bonds. The zero-order chi connectivity index (χ0) is 14.3. The van der Waals surface area contributed by atoms with Gasteiger partial charge in [0.05, 0.1) is 10.0 Å². The first-order valence-electron chi connectivity index (χ1n) is 4.33. The Morgan fingerprint density at radius 3 is 1.89 bits per heavy atom. The van der Waals surface area contributed by atoms with Crippen LogP contribution in [0.3, 0.4) is 0 Å². The van der Waals surface area contributed by atoms with Crippen molar-refractivity contribution in [3.05, 3.63) is 32.8 Å². The van der Waals surface area contributed by atoms with Crippen LogP contribution in [0.1, 0.15) is 11.6 Å². The fourth-order valence-corrected chi connectivity index (χ4v) is 1.91. The summed E-state index contributed by atoms with van der Waals surface area (Å²) in [6.07, 6.45) is -5.80. The molecule has 0 aromatic heterocycles. The first kappa shape index (κ1) is 19.0. The molecular weight excluding hydrogens is 359 g/mol. The maximum absolute atomic E-state index is 13.1. The van der Waals surface area contributed by atoms with E-state index in [2.05, 4.69) is 0 Å². The van der Waals surface area contributed by atoms with Crippen molar-refractivity contribution in [1.29, 1.82) is 0 Å². The summed E-state index contributed by atoms with van der Waals surface area (Å²) < 4.78 is 62.6. The van der Waals surface area contributed by atoms with Crippen LogP contribution in [-0.2, 0) is 0 Å². The second-order valence-corrected chi connectivity index (χ2v) is 4.61. The lowest BCUT2D eigenvalue weighted by Gasteiger charge is -2.26. The molecule has 1 nitrogen and oxygen atoms in total. The lowest BCUT2D eigenvalue weighted by atomic mass is 10.0. The van der Waals surface area contributed by atoms with Crippen LogP contribution in [0.2, 0.25) is 15.1 Å². The zero-order valence-corrected chi connectivity index (χ0v) is 11.8. The molecule has 0 unspecified atom stereocenters. The van der Waals surface area contributed by atoms with E-state index in [9.17, 15) is 22.0 Å². The highest BCUT2D eigenvalue weighted by molar-refractivity contribution is 6.43. The topological polar surface area (TPSA) is 26.0 Å². The maximum atomic E-state index is 13.1. The number of halogens is 9. The molecule has 0 heterocycles. The fourth-order valence-electron chi connectivity index (χ4n) is 1.17. The molecule has 0 radical (unpaired) electrons. The minimum atomic E-state index is -5.80. The molecule has 0 aliphatic carbocycles. The van der Waals surface area contributed by atoms with Crippen molar-refractivity contribution in [2.45, 2.75) is 18.1 Å². The van der Waals surface area contributed by atoms with Crippen molar-refractivity contribution >= 4 is 47.2 Å². The van der Waals surface area contributed by atoms with Crippen LogP contribution in [0.15, 0.2) is 12.1 Å². The highest BCUT2D eigenvalue weighted by Gasteiger charge is 2.62. The third-order valence-corrected chi connectivity index (χ3v) is 3.16. The second kappa shape index (κ2) is 6.18. The Labute approximate surface area is 126 Å². The van der Waals surface area contributed by atoms with E-state index in [0.717, 1.165) is 12.1 Å². The van der Waals surface area contributed by atoms with E-state index in [-0.39, 0.29) is 22.5 Å². The summed E-state index contributed by atoms with van der Waals surface area (Å²) in [6, 6.07) is -0.769. The van der Waals surface area contributed by atoms with Crippen LogP contribution in [0.25, 0.3) is 0 Å². The van der Waals surface area contributed by atoms with Gasteiger partial charge in [-0.2, -0.15) is 22.0 Å². The first-order chi connectivity index (χ1) is 7.98. The van der Waals surface area contributed by atoms with Crippen molar-refractivity contribution in [3.63, 3.8) is 0 Å². The van der Waals surface area contributed by atoms with E-state index < -0.39 is 28.7 Å². The van der Waals surface area contributed by atoms with Crippen LogP contribution in [-0.4, -0.2) is 12.1 Å². The Bertz CT molecular complexity index is 463. The molecule has 10 heteroatoms. The number of nitrogens with two attached hydrogens (primary N) is 1. The van der Waals surface area contributed by atoms with E-state index in [1.807, 2.05) is 0 Å². The number of benzene rings is 1. The summed E-state index contributed by atoms with van der Waals surface area (Å²) in [5.74, 6) is -5.15. The smallest absolute Gasteiger partial charge is 0.319 e. The summed E-state index contributed by atoms with van der Waals surface area (Å²) in [7, 11) is 0. The van der Waals surface area contributed by atoms with Crippen LogP contribution in [0, 0.1) is 0 Å². The molecule has 0 aliphatic rings. The van der Waals surface area contributed by atoms with Crippen molar-refractivity contribution in [2.75, 3.05) is 0 Å². The molecule has 0 spiro atoms. The minimum Gasteiger partial charge on any atom is -0.319 e. The summed E-state index contributed by atoms with van der Waals surface area (Å²) in [5, 5.41) is -0.891. The Balaban J connectivity index is 0.00000324. The standard InChI is InChI=1S/C9H5Cl3F5N.ClH/c10-3-1-4(6(12)5(11)2-3)7(18)8(13,14)9(15,16)17;/h1-2,7H,18H2;1H/t7-;/m1./s1. The van der Waals surface area contributed by atoms with Crippen LogP contribution < -0.4 is 5.73 Å². The Kier molecular flexibility index (Phi) is 6.18. The van der Waals surface area contributed by atoms with Crippen LogP contribution in [0.5, 0.6) is 0 Å². The van der Waals surface area contributed by atoms with Crippen LogP contribution >= 0.6 is 47.2 Å². The molecule has 0 bridgehead atoms. The first-order valence-corrected chi connectivity index (χ1v) is 5.46. The molecule has 0 fully saturated rings. The van der Waals surface area contributed by atoms with Gasteiger partial charge in [-0.3, -0.25) is 0 Å². The molecular formula is C9H6Cl4F5N. The summed E-state index contributed by atoms with van der Waals surface area (Å²) in [6.45, 7) is 0. The normalized spacial score (nSPS) is 13.9. The average molecular weight is 365 g/mol. The van der Waals surface area contributed by atoms with E-state index in [0.29, 0.717) is 0 Å². The summed E-state index contributed by atoms with van der Waals surface area (Å²) in [5.41, 5.74) is 4.26. The average Bonchev–Trinajstić information content (AvgIpc) is 2.20. The van der Waals surface area contributed by atoms with Gasteiger partial charge in [0.15, 0.2) is 0 Å². The number of hydrogen-bond donors (Lipinski definition) is 1. The lowest BCUT2D eigenvalue weighted by Crippen LogP contribution is -2.46. The van der Waals surface area contributed by atoms with Crippen molar-refractivity contribution in [3.8, 4) is 0 Å². The fraction of sp³-hybridized carbons (Fsp3) is 0.333. The van der Waals surface area contributed by atoms with E-state index >= 15 is 0 Å². The SMILES string of the molecule is Cl.N[C@H](c1cc(Cl)cc(Cl)c1Cl)C(F)(F)C(F)(F)F. The quantitative estimate of drug-likeness (QED) is 0.561. The minimum absolute atomic E-state index is 0. The summed E-state index contributed by atoms with van der Waals surface area (Å²) in [4.78, 5) is 0. The molecule has 1 aromatic rings. The van der Waals surface area contributed by atoms with E-state index in [1.54, 1.807) is 0 Å². The van der Waals surface area contributed by atoms with Gasteiger partial charge in [-0.1, -0.05) is 34.8 Å². The van der Waals surface area contributed by atoms with E-state index in [4.69, 9.17) is 40.5 Å². The van der Waals surface area contributed by atoms with Gasteiger partial charge in [0.2, 0.25) is 0 Å². The lowest BCUT2D eigenvalue weighted by molar-refractivity contribution is -0.290. The highest BCUT2D eigenvalue weighted by atomic mass is 35.5. The monoisotopic (exact) mass is 363 g/mol. The molecule has 0 aliphatic heterocycles. The number of alkyl halides is 5. The van der Waals surface area contributed by atoms with Gasteiger partial charge in [-0.05, 0) is 17.7 Å². The molecule has 1 atom stereocenters. The number of hydrogen-bond acceptors (Lipinski definition) is 1. The Morgan fingerprint density at radius 2 is 1.47 bits per heavy atom. The van der Waals surface area contributed by atoms with Gasteiger partial charge in [0, 0.05) is 5.02 Å². The molecule has 0 saturated carbocycles. The van der Waals surface area contributed by atoms with E-state index in [1.165, 1.54) is 0 Å². The van der Waals surface area contributed by atoms with Crippen molar-refractivity contribution in [2.24, 2.45) is 5.73 Å². The Hall–Kier alpha value is -0.0100. The van der Waals surface area contributed by atoms with Gasteiger partial charge < -0.3 is 5.73 Å². The molecule has 0 saturated heterocycles. The largest absolute Gasteiger partial charge is 0.455 e. The van der Waals surface area contributed by atoms with Gasteiger partial charge >= 0.3 is 12.1 Å². The van der Waals surface area contributed by atoms with Gasteiger partial charge in [0.25, 0.3) is 0 Å². The molecule has 110 valence electrons. The van der Waals surface area contributed by atoms with Gasteiger partial charge in [-0.25, -0.2) is 0 Å². The molecule has 1 rings (SSSR count). The summed E-state index contributed by atoms with van der Waals surface area (Å²) >= 11 is 16.6. The Morgan fingerprint density at radius 1 is 1.00 bits per heavy atom. The predicted molar refractivity (Wildman–Crippen MR) is 66.7 cm³/mol. The predicted octanol–water partition coefficient (Wildman–Crippen LogP) is 5.27. The maximum Gasteiger partial charge on any atom is 0.455 e. The molecule has 2 N–H and O–H groups in total. The third kappa shape index (κ3) is 3.76.